The van der Waals surface area contributed by atoms with Crippen LogP contribution in [-0.2, 0) is 16.1 Å². The van der Waals surface area contributed by atoms with Gasteiger partial charge in [0.15, 0.2) is 0 Å². The summed E-state index contributed by atoms with van der Waals surface area (Å²) >= 11 is 0. The predicted octanol–water partition coefficient (Wildman–Crippen LogP) is 2.94. The van der Waals surface area contributed by atoms with E-state index < -0.39 is 0 Å². The number of hydrogen-bond donors (Lipinski definition) is 0. The largest absolute Gasteiger partial charge is 0.272 e. The van der Waals surface area contributed by atoms with Crippen LogP contribution in [0, 0.1) is 0 Å². The molecule has 3 atom stereocenters. The van der Waals surface area contributed by atoms with Gasteiger partial charge in [-0.3, -0.25) is 14.5 Å². The van der Waals surface area contributed by atoms with Crippen molar-refractivity contribution in [3.8, 4) is 0 Å². The second-order valence-corrected chi connectivity index (χ2v) is 6.20. The molecule has 0 spiro atoms. The Hall–Kier alpha value is -2.43. The summed E-state index contributed by atoms with van der Waals surface area (Å²) in [7, 11) is 0. The highest BCUT2D eigenvalue weighted by molar-refractivity contribution is 5.77. The Morgan fingerprint density at radius 3 is 2.46 bits per heavy atom. The van der Waals surface area contributed by atoms with Crippen LogP contribution < -0.4 is 0 Å². The third-order valence-corrected chi connectivity index (χ3v) is 4.55. The van der Waals surface area contributed by atoms with Crippen molar-refractivity contribution in [2.75, 3.05) is 13.2 Å². The van der Waals surface area contributed by atoms with Crippen molar-refractivity contribution in [1.29, 1.82) is 0 Å². The lowest BCUT2D eigenvalue weighted by molar-refractivity contribution is -0.254. The van der Waals surface area contributed by atoms with E-state index >= 15 is 0 Å². The van der Waals surface area contributed by atoms with Crippen LogP contribution in [0.15, 0.2) is 72.8 Å². The smallest absolute Gasteiger partial charge is 0.251 e. The van der Waals surface area contributed by atoms with Crippen molar-refractivity contribution in [3.63, 3.8) is 0 Å². The minimum absolute atomic E-state index is 0.00184. The Labute approximate surface area is 141 Å². The van der Waals surface area contributed by atoms with Gasteiger partial charge in [0.1, 0.15) is 12.8 Å². The van der Waals surface area contributed by atoms with Gasteiger partial charge in [0, 0.05) is 6.54 Å². The molecular formula is C20H20N2O2. The van der Waals surface area contributed by atoms with E-state index in [4.69, 9.17) is 4.84 Å². The monoisotopic (exact) mass is 320 g/mol. The summed E-state index contributed by atoms with van der Waals surface area (Å²) in [6.07, 6.45) is 4.41. The van der Waals surface area contributed by atoms with E-state index in [1.54, 1.807) is 0 Å². The highest BCUT2D eigenvalue weighted by atomic mass is 16.7. The number of hydrogen-bond acceptors (Lipinski definition) is 3. The van der Waals surface area contributed by atoms with Crippen LogP contribution in [0.4, 0.5) is 0 Å². The van der Waals surface area contributed by atoms with Crippen LogP contribution in [0.25, 0.3) is 0 Å². The van der Waals surface area contributed by atoms with Gasteiger partial charge >= 0.3 is 0 Å². The summed E-state index contributed by atoms with van der Waals surface area (Å²) in [6.45, 7) is 1.32. The number of nitrogens with zero attached hydrogens (tertiary/aromatic N) is 2. The first-order valence-corrected chi connectivity index (χ1v) is 8.28. The molecule has 1 unspecified atom stereocenters. The number of benzene rings is 2. The SMILES string of the molecule is O=C(Cc1ccccc1)N1CN2CC=C[C@@H](O1)[C@@H]2c1ccccc1. The molecular weight excluding hydrogens is 300 g/mol. The molecule has 1 fully saturated rings. The maximum absolute atomic E-state index is 12.6. The molecule has 24 heavy (non-hydrogen) atoms. The predicted molar refractivity (Wildman–Crippen MR) is 91.8 cm³/mol. The van der Waals surface area contributed by atoms with Crippen molar-refractivity contribution in [2.24, 2.45) is 0 Å². The normalized spacial score (nSPS) is 25.5. The molecule has 4 rings (SSSR count). The first-order chi connectivity index (χ1) is 11.8. The van der Waals surface area contributed by atoms with Gasteiger partial charge in [-0.2, -0.15) is 0 Å². The highest BCUT2D eigenvalue weighted by Gasteiger charge is 2.39. The fraction of sp³-hybridized carbons (Fsp3) is 0.250. The second kappa shape index (κ2) is 6.59. The lowest BCUT2D eigenvalue weighted by atomic mass is 9.96. The Morgan fingerprint density at radius 1 is 1.04 bits per heavy atom. The summed E-state index contributed by atoms with van der Waals surface area (Å²) < 4.78 is 0. The third kappa shape index (κ3) is 2.98. The highest BCUT2D eigenvalue weighted by Crippen LogP contribution is 2.34. The van der Waals surface area contributed by atoms with Crippen LogP contribution in [0.3, 0.4) is 0 Å². The molecule has 1 amide bonds. The van der Waals surface area contributed by atoms with Gasteiger partial charge < -0.3 is 0 Å². The lowest BCUT2D eigenvalue weighted by Gasteiger charge is -2.46. The zero-order valence-electron chi connectivity index (χ0n) is 13.4. The van der Waals surface area contributed by atoms with Crippen LogP contribution in [0.5, 0.6) is 0 Å². The molecule has 2 aliphatic rings. The van der Waals surface area contributed by atoms with E-state index in [0.717, 1.165) is 12.1 Å². The van der Waals surface area contributed by atoms with Crippen LogP contribution >= 0.6 is 0 Å². The maximum atomic E-state index is 12.6. The number of fused-ring (bicyclic) bond motifs is 2. The Morgan fingerprint density at radius 2 is 1.75 bits per heavy atom. The Bertz CT molecular complexity index is 730. The van der Waals surface area contributed by atoms with E-state index in [1.807, 2.05) is 48.5 Å². The van der Waals surface area contributed by atoms with Gasteiger partial charge in [0.2, 0.25) is 0 Å². The third-order valence-electron chi connectivity index (χ3n) is 4.55. The first kappa shape index (κ1) is 15.1. The van der Waals surface area contributed by atoms with E-state index in [0.29, 0.717) is 13.1 Å². The molecule has 4 nitrogen and oxygen atoms in total. The Kier molecular flexibility index (Phi) is 4.15. The summed E-state index contributed by atoms with van der Waals surface area (Å²) in [4.78, 5) is 20.9. The molecule has 2 aromatic carbocycles. The molecule has 2 heterocycles. The summed E-state index contributed by atoms with van der Waals surface area (Å²) in [5.74, 6) is -0.00184. The molecule has 2 aliphatic heterocycles. The summed E-state index contributed by atoms with van der Waals surface area (Å²) in [6, 6.07) is 20.3. The average Bonchev–Trinajstić information content (AvgIpc) is 2.62. The van der Waals surface area contributed by atoms with Gasteiger partial charge in [-0.25, -0.2) is 5.06 Å². The molecule has 0 aliphatic carbocycles. The van der Waals surface area contributed by atoms with Crippen LogP contribution in [0.1, 0.15) is 17.2 Å². The van der Waals surface area contributed by atoms with E-state index in [-0.39, 0.29) is 18.1 Å². The zero-order valence-corrected chi connectivity index (χ0v) is 13.4. The van der Waals surface area contributed by atoms with Crippen LogP contribution in [-0.4, -0.2) is 35.2 Å². The molecule has 122 valence electrons. The van der Waals surface area contributed by atoms with Gasteiger partial charge in [-0.05, 0) is 11.1 Å². The van der Waals surface area contributed by atoms with E-state index in [1.165, 1.54) is 10.6 Å². The molecule has 2 bridgehead atoms. The average molecular weight is 320 g/mol. The van der Waals surface area contributed by atoms with Crippen LogP contribution in [0.2, 0.25) is 0 Å². The number of carbonyl (C=O) groups is 1. The zero-order chi connectivity index (χ0) is 16.4. The lowest BCUT2D eigenvalue weighted by Crippen LogP contribution is -2.55. The fourth-order valence-corrected chi connectivity index (χ4v) is 3.39. The van der Waals surface area contributed by atoms with Crippen molar-refractivity contribution in [3.05, 3.63) is 83.9 Å². The van der Waals surface area contributed by atoms with Gasteiger partial charge in [-0.1, -0.05) is 72.8 Å². The molecule has 2 aromatic rings. The summed E-state index contributed by atoms with van der Waals surface area (Å²) in [5.41, 5.74) is 2.23. The maximum Gasteiger partial charge on any atom is 0.251 e. The van der Waals surface area contributed by atoms with Crippen molar-refractivity contribution in [1.82, 2.24) is 9.96 Å². The van der Waals surface area contributed by atoms with E-state index in [9.17, 15) is 4.79 Å². The van der Waals surface area contributed by atoms with Crippen molar-refractivity contribution < 1.29 is 9.63 Å². The topological polar surface area (TPSA) is 32.8 Å². The summed E-state index contributed by atoms with van der Waals surface area (Å²) in [5, 5.41) is 1.51. The fourth-order valence-electron chi connectivity index (χ4n) is 3.39. The van der Waals surface area contributed by atoms with Crippen molar-refractivity contribution in [2.45, 2.75) is 18.6 Å². The molecule has 0 N–H and O–H groups in total. The van der Waals surface area contributed by atoms with Gasteiger partial charge in [0.05, 0.1) is 12.5 Å². The first-order valence-electron chi connectivity index (χ1n) is 8.28. The molecule has 0 saturated carbocycles. The van der Waals surface area contributed by atoms with Gasteiger partial charge in [0.25, 0.3) is 5.91 Å². The van der Waals surface area contributed by atoms with E-state index in [2.05, 4.69) is 29.2 Å². The van der Waals surface area contributed by atoms with Crippen molar-refractivity contribution >= 4 is 5.91 Å². The number of amides is 1. The standard InChI is InChI=1S/C20H20N2O2/c23-19(14-16-8-3-1-4-9-16)22-15-21-13-7-12-18(24-22)20(21)17-10-5-2-6-11-17/h1-12,18,20H,13-15H2/t18-,20+/m1/s1. The minimum Gasteiger partial charge on any atom is -0.272 e. The quantitative estimate of drug-likeness (QED) is 0.815. The minimum atomic E-state index is -0.130. The van der Waals surface area contributed by atoms with Gasteiger partial charge in [-0.15, -0.1) is 0 Å². The molecule has 0 aromatic heterocycles. The number of rotatable bonds is 3. The molecule has 4 heteroatoms. The number of carbonyl (C=O) groups excluding carboxylic acids is 1. The molecule has 1 saturated heterocycles. The second-order valence-electron chi connectivity index (χ2n) is 6.20. The molecule has 0 radical (unpaired) electrons. The number of hydroxylamine groups is 2. The Balaban J connectivity index is 1.50.